The van der Waals surface area contributed by atoms with Crippen molar-refractivity contribution >= 4 is 23.9 Å². The maximum Gasteiger partial charge on any atom is 0.326 e. The van der Waals surface area contributed by atoms with Gasteiger partial charge in [0, 0.05) is 12.8 Å². The van der Waals surface area contributed by atoms with Crippen molar-refractivity contribution < 1.29 is 19.5 Å². The van der Waals surface area contributed by atoms with E-state index in [1.54, 1.807) is 12.2 Å². The molecule has 29 heavy (non-hydrogen) atoms. The number of nitrogens with one attached hydrogen (secondary N) is 2. The molecular weight excluding hydrogens is 368 g/mol. The van der Waals surface area contributed by atoms with Gasteiger partial charge in [0.1, 0.15) is 6.04 Å². The Bertz CT molecular complexity index is 834. The molecule has 2 atom stereocenters. The van der Waals surface area contributed by atoms with Crippen molar-refractivity contribution in [2.75, 3.05) is 0 Å². The van der Waals surface area contributed by atoms with E-state index in [0.29, 0.717) is 0 Å². The molecule has 0 spiro atoms. The van der Waals surface area contributed by atoms with Gasteiger partial charge >= 0.3 is 5.97 Å². The van der Waals surface area contributed by atoms with Crippen LogP contribution in [-0.4, -0.2) is 28.9 Å². The summed E-state index contributed by atoms with van der Waals surface area (Å²) in [6.45, 7) is 1.87. The summed E-state index contributed by atoms with van der Waals surface area (Å²) in [6, 6.07) is 17.8. The van der Waals surface area contributed by atoms with Crippen LogP contribution in [0.1, 0.15) is 43.4 Å². The van der Waals surface area contributed by atoms with Crippen LogP contribution in [0.3, 0.4) is 0 Å². The first-order valence-corrected chi connectivity index (χ1v) is 9.54. The first-order chi connectivity index (χ1) is 14.0. The molecule has 0 aliphatic carbocycles. The Kier molecular flexibility index (Phi) is 8.63. The number of carbonyl (C=O) groups excluding carboxylic acids is 2. The molecule has 0 radical (unpaired) electrons. The number of hydrogen-bond donors (Lipinski definition) is 3. The van der Waals surface area contributed by atoms with Crippen molar-refractivity contribution in [2.45, 2.75) is 38.3 Å². The zero-order chi connectivity index (χ0) is 21.1. The average molecular weight is 394 g/mol. The van der Waals surface area contributed by atoms with Crippen molar-refractivity contribution in [2.24, 2.45) is 0 Å². The molecule has 0 heterocycles. The zero-order valence-electron chi connectivity index (χ0n) is 16.4. The number of amides is 2. The van der Waals surface area contributed by atoms with E-state index in [9.17, 15) is 19.5 Å². The Morgan fingerprint density at radius 3 is 2.03 bits per heavy atom. The minimum atomic E-state index is -1.11. The number of hydrogen-bond acceptors (Lipinski definition) is 3. The summed E-state index contributed by atoms with van der Waals surface area (Å²) in [5.41, 5.74) is 1.92. The predicted molar refractivity (Wildman–Crippen MR) is 112 cm³/mol. The molecule has 0 unspecified atom stereocenters. The van der Waals surface area contributed by atoms with Crippen LogP contribution in [0.5, 0.6) is 0 Å². The first-order valence-electron chi connectivity index (χ1n) is 9.54. The molecule has 2 rings (SSSR count). The molecule has 2 aromatic rings. The second-order valence-electron chi connectivity index (χ2n) is 6.71. The summed E-state index contributed by atoms with van der Waals surface area (Å²) < 4.78 is 0. The van der Waals surface area contributed by atoms with E-state index in [-0.39, 0.29) is 31.2 Å². The highest BCUT2D eigenvalue weighted by Gasteiger charge is 2.19. The lowest BCUT2D eigenvalue weighted by atomic mass is 10.1. The van der Waals surface area contributed by atoms with Gasteiger partial charge in [-0.05, 0) is 24.5 Å². The Hall–Kier alpha value is -3.41. The van der Waals surface area contributed by atoms with Crippen LogP contribution in [0, 0.1) is 0 Å². The fraction of sp³-hybridized carbons (Fsp3) is 0.261. The molecule has 2 aromatic carbocycles. The second kappa shape index (κ2) is 11.4. The minimum absolute atomic E-state index is 0.00476. The van der Waals surface area contributed by atoms with E-state index in [4.69, 9.17) is 0 Å². The van der Waals surface area contributed by atoms with Gasteiger partial charge in [-0.3, -0.25) is 9.59 Å². The van der Waals surface area contributed by atoms with Crippen LogP contribution in [0.25, 0.3) is 6.08 Å². The number of carboxylic acid groups (broad SMARTS) is 1. The third-order valence-corrected chi connectivity index (χ3v) is 4.37. The van der Waals surface area contributed by atoms with Crippen molar-refractivity contribution in [3.63, 3.8) is 0 Å². The molecule has 0 saturated carbocycles. The quantitative estimate of drug-likeness (QED) is 0.576. The van der Waals surface area contributed by atoms with Crippen LogP contribution in [0.2, 0.25) is 0 Å². The number of carbonyl (C=O) groups is 3. The fourth-order valence-corrected chi connectivity index (χ4v) is 2.76. The van der Waals surface area contributed by atoms with Crippen molar-refractivity contribution in [3.8, 4) is 0 Å². The molecule has 0 aliphatic rings. The number of rotatable bonds is 10. The number of carboxylic acids is 1. The molecule has 0 saturated heterocycles. The van der Waals surface area contributed by atoms with Gasteiger partial charge in [0.2, 0.25) is 11.8 Å². The van der Waals surface area contributed by atoms with E-state index in [0.717, 1.165) is 11.1 Å². The zero-order valence-corrected chi connectivity index (χ0v) is 16.4. The molecule has 0 fully saturated rings. The third kappa shape index (κ3) is 8.01. The first kappa shape index (κ1) is 21.9. The summed E-state index contributed by atoms with van der Waals surface area (Å²) in [4.78, 5) is 35.5. The monoisotopic (exact) mass is 394 g/mol. The molecule has 6 nitrogen and oxygen atoms in total. The summed E-state index contributed by atoms with van der Waals surface area (Å²) in [5.74, 6) is -1.83. The molecule has 3 N–H and O–H groups in total. The van der Waals surface area contributed by atoms with E-state index in [1.807, 2.05) is 67.6 Å². The third-order valence-electron chi connectivity index (χ3n) is 4.37. The average Bonchev–Trinajstić information content (AvgIpc) is 2.73. The van der Waals surface area contributed by atoms with E-state index >= 15 is 0 Å². The van der Waals surface area contributed by atoms with Crippen LogP contribution >= 0.6 is 0 Å². The highest BCUT2D eigenvalue weighted by Crippen LogP contribution is 2.11. The standard InChI is InChI=1S/C23H26N2O4/c1-17(19-12-6-3-7-13-19)24-21(26)15-16-22(27)25-20(23(28)29)14-8-11-18-9-4-2-5-10-18/h2-13,17,20H,14-16H2,1H3,(H,24,26)(H,25,27)(H,28,29)/b11-8+/t17-,20-/m1/s1. The summed E-state index contributed by atoms with van der Waals surface area (Å²) >= 11 is 0. The minimum Gasteiger partial charge on any atom is -0.480 e. The van der Waals surface area contributed by atoms with Crippen molar-refractivity contribution in [1.29, 1.82) is 0 Å². The lowest BCUT2D eigenvalue weighted by Crippen LogP contribution is -2.40. The SMILES string of the molecule is C[C@@H](NC(=O)CCC(=O)N[C@H](C/C=C/c1ccccc1)C(=O)O)c1ccccc1. The van der Waals surface area contributed by atoms with E-state index < -0.39 is 17.9 Å². The van der Waals surface area contributed by atoms with Crippen molar-refractivity contribution in [3.05, 3.63) is 77.9 Å². The van der Waals surface area contributed by atoms with E-state index in [1.165, 1.54) is 0 Å². The van der Waals surface area contributed by atoms with Gasteiger partial charge in [-0.2, -0.15) is 0 Å². The predicted octanol–water partition coefficient (Wildman–Crippen LogP) is 3.32. The summed E-state index contributed by atoms with van der Waals surface area (Å²) in [7, 11) is 0. The topological polar surface area (TPSA) is 95.5 Å². The molecular formula is C23H26N2O4. The smallest absolute Gasteiger partial charge is 0.326 e. The molecule has 0 aliphatic heterocycles. The molecule has 2 amide bonds. The van der Waals surface area contributed by atoms with Crippen LogP contribution in [0.4, 0.5) is 0 Å². The lowest BCUT2D eigenvalue weighted by molar-refractivity contribution is -0.141. The number of benzene rings is 2. The van der Waals surface area contributed by atoms with Crippen molar-refractivity contribution in [1.82, 2.24) is 10.6 Å². The molecule has 6 heteroatoms. The van der Waals surface area contributed by atoms with Gasteiger partial charge in [-0.1, -0.05) is 72.8 Å². The maximum absolute atomic E-state index is 12.1. The Balaban J connectivity index is 1.77. The fourth-order valence-electron chi connectivity index (χ4n) is 2.76. The van der Waals surface area contributed by atoms with E-state index in [2.05, 4.69) is 10.6 Å². The van der Waals surface area contributed by atoms with Gasteiger partial charge < -0.3 is 15.7 Å². The molecule has 0 aromatic heterocycles. The van der Waals surface area contributed by atoms with Gasteiger partial charge in [-0.25, -0.2) is 4.79 Å². The summed E-state index contributed by atoms with van der Waals surface area (Å²) in [6.07, 6.45) is 3.60. The largest absolute Gasteiger partial charge is 0.480 e. The van der Waals surface area contributed by atoms with Crippen LogP contribution in [-0.2, 0) is 14.4 Å². The summed E-state index contributed by atoms with van der Waals surface area (Å²) in [5, 5.41) is 14.6. The molecule has 152 valence electrons. The lowest BCUT2D eigenvalue weighted by Gasteiger charge is -2.15. The van der Waals surface area contributed by atoms with Crippen LogP contribution < -0.4 is 10.6 Å². The number of aliphatic carboxylic acids is 1. The normalized spacial score (nSPS) is 12.9. The Labute approximate surface area is 170 Å². The van der Waals surface area contributed by atoms with Gasteiger partial charge in [-0.15, -0.1) is 0 Å². The van der Waals surface area contributed by atoms with Gasteiger partial charge in [0.25, 0.3) is 0 Å². The van der Waals surface area contributed by atoms with Gasteiger partial charge in [0.15, 0.2) is 0 Å². The second-order valence-corrected chi connectivity index (χ2v) is 6.71. The Morgan fingerprint density at radius 1 is 0.897 bits per heavy atom. The highest BCUT2D eigenvalue weighted by atomic mass is 16.4. The molecule has 0 bridgehead atoms. The maximum atomic E-state index is 12.1. The Morgan fingerprint density at radius 2 is 1.45 bits per heavy atom. The highest BCUT2D eigenvalue weighted by molar-refractivity contribution is 5.87. The van der Waals surface area contributed by atoms with Gasteiger partial charge in [0.05, 0.1) is 6.04 Å². The van der Waals surface area contributed by atoms with Crippen LogP contribution in [0.15, 0.2) is 66.7 Å².